The third-order valence-electron chi connectivity index (χ3n) is 5.84. The number of sulfonamides is 1. The fraction of sp³-hybridized carbons (Fsp3) is 0.261. The monoisotopic (exact) mass is 533 g/mol. The Morgan fingerprint density at radius 2 is 1.91 bits per heavy atom. The maximum atomic E-state index is 13.1. The van der Waals surface area contributed by atoms with E-state index in [4.69, 9.17) is 27.9 Å². The second-order valence-electron chi connectivity index (χ2n) is 8.43. The second-order valence-corrected chi connectivity index (χ2v) is 11.0. The van der Waals surface area contributed by atoms with Crippen molar-refractivity contribution in [2.75, 3.05) is 23.2 Å². The third-order valence-corrected chi connectivity index (χ3v) is 7.21. The highest BCUT2D eigenvalue weighted by molar-refractivity contribution is 7.88. The summed E-state index contributed by atoms with van der Waals surface area (Å²) in [7, 11) is -3.24. The average Bonchev–Trinajstić information content (AvgIpc) is 2.79. The molecule has 1 amide bonds. The number of hydrogen-bond acceptors (Lipinski definition) is 7. The Morgan fingerprint density at radius 1 is 1.14 bits per heavy atom. The van der Waals surface area contributed by atoms with Gasteiger partial charge < -0.3 is 10.1 Å². The molecular weight excluding hydrogens is 513 g/mol. The number of nitrogens with zero attached hydrogens (tertiary/aromatic N) is 3. The van der Waals surface area contributed by atoms with Crippen LogP contribution < -0.4 is 19.7 Å². The van der Waals surface area contributed by atoms with Gasteiger partial charge in [0, 0.05) is 17.9 Å². The number of para-hydroxylation sites is 1. The lowest BCUT2D eigenvalue weighted by molar-refractivity contribution is 0.0932. The molecule has 0 saturated carbocycles. The van der Waals surface area contributed by atoms with E-state index in [-0.39, 0.29) is 36.1 Å². The minimum atomic E-state index is -3.24. The predicted octanol–water partition coefficient (Wildman–Crippen LogP) is 3.93. The van der Waals surface area contributed by atoms with Crippen molar-refractivity contribution in [2.24, 2.45) is 0 Å². The summed E-state index contributed by atoms with van der Waals surface area (Å²) in [5, 5.41) is 3.82. The lowest BCUT2D eigenvalue weighted by atomic mass is 9.88. The zero-order chi connectivity index (χ0) is 24.7. The van der Waals surface area contributed by atoms with Crippen LogP contribution in [-0.2, 0) is 22.9 Å². The SMILES string of the molecule is CS(=O)(=O)NC1CCc2cc(Nc3ncc4c(n3)OCN(c3c(Cl)cccc3Cl)C4=O)ccc2C1. The van der Waals surface area contributed by atoms with E-state index in [2.05, 4.69) is 20.0 Å². The molecule has 3 aromatic rings. The molecule has 5 rings (SSSR count). The van der Waals surface area contributed by atoms with E-state index in [0.29, 0.717) is 22.2 Å². The van der Waals surface area contributed by atoms with Crippen LogP contribution in [0, 0.1) is 0 Å². The van der Waals surface area contributed by atoms with Crippen LogP contribution in [0.2, 0.25) is 10.0 Å². The number of amides is 1. The number of benzene rings is 2. The lowest BCUT2D eigenvalue weighted by Crippen LogP contribution is -2.39. The van der Waals surface area contributed by atoms with E-state index < -0.39 is 10.0 Å². The van der Waals surface area contributed by atoms with Crippen molar-refractivity contribution >= 4 is 56.5 Å². The number of nitrogens with one attached hydrogen (secondary N) is 2. The smallest absolute Gasteiger partial charge is 0.268 e. The maximum absolute atomic E-state index is 13.1. The third kappa shape index (κ3) is 5.06. The molecule has 0 saturated heterocycles. The van der Waals surface area contributed by atoms with Crippen LogP contribution in [0.25, 0.3) is 0 Å². The fourth-order valence-electron chi connectivity index (χ4n) is 4.29. The van der Waals surface area contributed by atoms with Gasteiger partial charge in [-0.05, 0) is 54.7 Å². The molecule has 9 nitrogen and oxygen atoms in total. The summed E-state index contributed by atoms with van der Waals surface area (Å²) in [6.07, 6.45) is 4.69. The molecule has 1 atom stereocenters. The van der Waals surface area contributed by atoms with Gasteiger partial charge in [-0.15, -0.1) is 0 Å². The largest absolute Gasteiger partial charge is 0.455 e. The first kappa shape index (κ1) is 23.8. The van der Waals surface area contributed by atoms with Crippen LogP contribution in [0.1, 0.15) is 27.9 Å². The Bertz CT molecular complexity index is 1410. The number of aromatic nitrogens is 2. The van der Waals surface area contributed by atoms with Crippen LogP contribution in [0.5, 0.6) is 5.88 Å². The van der Waals surface area contributed by atoms with Gasteiger partial charge in [-0.1, -0.05) is 35.3 Å². The highest BCUT2D eigenvalue weighted by atomic mass is 35.5. The van der Waals surface area contributed by atoms with Crippen LogP contribution in [-0.4, -0.2) is 43.3 Å². The number of halogens is 2. The quantitative estimate of drug-likeness (QED) is 0.510. The van der Waals surface area contributed by atoms with E-state index in [1.165, 1.54) is 17.4 Å². The van der Waals surface area contributed by atoms with Crippen LogP contribution in [0.15, 0.2) is 42.6 Å². The van der Waals surface area contributed by atoms with Crippen molar-refractivity contribution in [3.8, 4) is 5.88 Å². The molecule has 2 aliphatic rings. The molecule has 1 aromatic heterocycles. The van der Waals surface area contributed by atoms with Gasteiger partial charge in [0.25, 0.3) is 5.91 Å². The van der Waals surface area contributed by atoms with Gasteiger partial charge in [0.15, 0.2) is 6.73 Å². The first-order valence-electron chi connectivity index (χ1n) is 10.8. The molecule has 1 aliphatic carbocycles. The Labute approximate surface area is 212 Å². The molecule has 1 aliphatic heterocycles. The first-order chi connectivity index (χ1) is 16.7. The molecule has 2 aromatic carbocycles. The summed E-state index contributed by atoms with van der Waals surface area (Å²) >= 11 is 12.5. The number of ether oxygens (including phenoxy) is 1. The Hall–Kier alpha value is -2.92. The average molecular weight is 534 g/mol. The van der Waals surface area contributed by atoms with Gasteiger partial charge in [-0.25, -0.2) is 18.1 Å². The van der Waals surface area contributed by atoms with Gasteiger partial charge in [0.1, 0.15) is 5.56 Å². The van der Waals surface area contributed by atoms with Crippen molar-refractivity contribution in [3.63, 3.8) is 0 Å². The number of anilines is 3. The predicted molar refractivity (Wildman–Crippen MR) is 134 cm³/mol. The lowest BCUT2D eigenvalue weighted by Gasteiger charge is -2.29. The molecule has 12 heteroatoms. The Kier molecular flexibility index (Phi) is 6.30. The summed E-state index contributed by atoms with van der Waals surface area (Å²) in [4.78, 5) is 23.0. The zero-order valence-electron chi connectivity index (χ0n) is 18.6. The number of carbonyl (C=O) groups excluding carboxylic acids is 1. The van der Waals surface area contributed by atoms with Crippen LogP contribution in [0.3, 0.4) is 0 Å². The van der Waals surface area contributed by atoms with Crippen LogP contribution >= 0.6 is 23.2 Å². The van der Waals surface area contributed by atoms with Gasteiger partial charge in [0.05, 0.1) is 22.0 Å². The number of aryl methyl sites for hydroxylation is 1. The zero-order valence-corrected chi connectivity index (χ0v) is 20.9. The highest BCUT2D eigenvalue weighted by Gasteiger charge is 2.31. The highest BCUT2D eigenvalue weighted by Crippen LogP contribution is 2.37. The normalized spacial score (nSPS) is 17.4. The van der Waals surface area contributed by atoms with Gasteiger partial charge in [0.2, 0.25) is 21.9 Å². The molecule has 0 fully saturated rings. The van der Waals surface area contributed by atoms with Crippen molar-refractivity contribution in [1.29, 1.82) is 0 Å². The first-order valence-corrected chi connectivity index (χ1v) is 13.4. The number of hydrogen-bond donors (Lipinski definition) is 2. The van der Waals surface area contributed by atoms with Crippen molar-refractivity contribution in [2.45, 2.75) is 25.3 Å². The summed E-state index contributed by atoms with van der Waals surface area (Å²) < 4.78 is 31.5. The minimum Gasteiger partial charge on any atom is -0.455 e. The number of fused-ring (bicyclic) bond motifs is 2. The van der Waals surface area contributed by atoms with E-state index in [9.17, 15) is 13.2 Å². The van der Waals surface area contributed by atoms with E-state index in [1.54, 1.807) is 18.2 Å². The van der Waals surface area contributed by atoms with E-state index >= 15 is 0 Å². The van der Waals surface area contributed by atoms with Crippen molar-refractivity contribution in [1.82, 2.24) is 14.7 Å². The maximum Gasteiger partial charge on any atom is 0.268 e. The summed E-state index contributed by atoms with van der Waals surface area (Å²) in [5.41, 5.74) is 3.59. The molecule has 0 spiro atoms. The Morgan fingerprint density at radius 3 is 2.66 bits per heavy atom. The van der Waals surface area contributed by atoms with Crippen LogP contribution in [0.4, 0.5) is 17.3 Å². The summed E-state index contributed by atoms with van der Waals surface area (Å²) in [6, 6.07) is 10.8. The van der Waals surface area contributed by atoms with Crippen molar-refractivity contribution in [3.05, 3.63) is 69.3 Å². The second kappa shape index (κ2) is 9.27. The van der Waals surface area contributed by atoms with Gasteiger partial charge >= 0.3 is 0 Å². The molecular formula is C23H21Cl2N5O4S. The molecule has 182 valence electrons. The molecule has 0 bridgehead atoms. The van der Waals surface area contributed by atoms with Gasteiger partial charge in [-0.2, -0.15) is 4.98 Å². The number of carbonyl (C=O) groups is 1. The summed E-state index contributed by atoms with van der Waals surface area (Å²) in [6.45, 7) is -0.0900. The van der Waals surface area contributed by atoms with Crippen molar-refractivity contribution < 1.29 is 17.9 Å². The standard InChI is InChI=1S/C23H21Cl2N5O4S/c1-35(32,33)29-16-8-6-13-9-15(7-5-14(13)10-16)27-23-26-11-17-21(28-23)34-12-30(22(17)31)20-18(24)3-2-4-19(20)25/h2-5,7,9,11,16,29H,6,8,10,12H2,1H3,(H,26,27,28). The fourth-order valence-corrected chi connectivity index (χ4v) is 5.70. The molecule has 0 radical (unpaired) electrons. The molecule has 1 unspecified atom stereocenters. The minimum absolute atomic E-state index is 0.0900. The number of rotatable bonds is 5. The Balaban J connectivity index is 1.32. The summed E-state index contributed by atoms with van der Waals surface area (Å²) in [5.74, 6) is 0.0894. The van der Waals surface area contributed by atoms with Gasteiger partial charge in [-0.3, -0.25) is 9.69 Å². The molecule has 2 heterocycles. The topological polar surface area (TPSA) is 114 Å². The van der Waals surface area contributed by atoms with E-state index in [1.807, 2.05) is 18.2 Å². The molecule has 35 heavy (non-hydrogen) atoms. The molecule has 2 N–H and O–H groups in total. The van der Waals surface area contributed by atoms with E-state index in [0.717, 1.165) is 29.7 Å².